The van der Waals surface area contributed by atoms with Gasteiger partial charge in [0.2, 0.25) is 11.8 Å². The Bertz CT molecular complexity index is 1400. The number of nitrogen functional groups attached to an aromatic ring is 1. The van der Waals surface area contributed by atoms with Gasteiger partial charge in [0.15, 0.2) is 22.9 Å². The van der Waals surface area contributed by atoms with Crippen molar-refractivity contribution in [2.24, 2.45) is 0 Å². The molecule has 1 unspecified atom stereocenters. The number of likely N-dealkylation sites (N-methyl/N-ethyl adjacent to an activating group) is 1. The zero-order chi connectivity index (χ0) is 26.9. The molecule has 2 aromatic heterocycles. The van der Waals surface area contributed by atoms with Crippen molar-refractivity contribution < 1.29 is 23.5 Å². The van der Waals surface area contributed by atoms with Gasteiger partial charge in [-0.3, -0.25) is 14.4 Å². The van der Waals surface area contributed by atoms with E-state index in [2.05, 4.69) is 27.0 Å². The van der Waals surface area contributed by atoms with Crippen LogP contribution in [0.5, 0.6) is 5.75 Å². The third-order valence-electron chi connectivity index (χ3n) is 6.20. The van der Waals surface area contributed by atoms with Crippen molar-refractivity contribution in [1.29, 1.82) is 0 Å². The van der Waals surface area contributed by atoms with E-state index in [1.165, 1.54) is 36.5 Å². The second kappa shape index (κ2) is 10.2. The SMILES string of the molecule is C=CC(=O)N1CCC(n2nc(C(=O)Nc3ccc(CC(=O)N(C)C)c(F)c3OC)c3c(N)ncnc32)C1. The summed E-state index contributed by atoms with van der Waals surface area (Å²) in [5.74, 6) is -2.10. The summed E-state index contributed by atoms with van der Waals surface area (Å²) in [4.78, 5) is 48.7. The van der Waals surface area contributed by atoms with E-state index in [4.69, 9.17) is 10.5 Å². The van der Waals surface area contributed by atoms with E-state index in [0.717, 1.165) is 0 Å². The molecule has 1 saturated heterocycles. The second-order valence-electron chi connectivity index (χ2n) is 8.72. The molecule has 37 heavy (non-hydrogen) atoms. The quantitative estimate of drug-likeness (QED) is 0.453. The molecule has 0 bridgehead atoms. The number of amides is 3. The number of nitrogens with zero attached hydrogens (tertiary/aromatic N) is 6. The second-order valence-corrected chi connectivity index (χ2v) is 8.72. The molecule has 1 aromatic carbocycles. The first-order valence-electron chi connectivity index (χ1n) is 11.4. The topological polar surface area (TPSA) is 149 Å². The van der Waals surface area contributed by atoms with Crippen molar-refractivity contribution >= 4 is 40.3 Å². The van der Waals surface area contributed by atoms with Crippen LogP contribution in [0.4, 0.5) is 15.9 Å². The number of halogens is 1. The molecule has 1 aliphatic heterocycles. The third-order valence-corrected chi connectivity index (χ3v) is 6.20. The maximum atomic E-state index is 15.1. The smallest absolute Gasteiger partial charge is 0.277 e. The van der Waals surface area contributed by atoms with Crippen LogP contribution in [0.15, 0.2) is 31.1 Å². The lowest BCUT2D eigenvalue weighted by molar-refractivity contribution is -0.128. The van der Waals surface area contributed by atoms with Gasteiger partial charge in [-0.05, 0) is 18.6 Å². The monoisotopic (exact) mass is 510 g/mol. The minimum atomic E-state index is -0.758. The summed E-state index contributed by atoms with van der Waals surface area (Å²) < 4.78 is 21.9. The number of benzene rings is 1. The van der Waals surface area contributed by atoms with Crippen LogP contribution in [0.25, 0.3) is 11.0 Å². The van der Waals surface area contributed by atoms with E-state index < -0.39 is 11.7 Å². The van der Waals surface area contributed by atoms with E-state index in [9.17, 15) is 14.4 Å². The number of rotatable bonds is 7. The number of ether oxygens (including phenoxy) is 1. The molecule has 3 amide bonds. The average Bonchev–Trinajstić information content (AvgIpc) is 3.51. The summed E-state index contributed by atoms with van der Waals surface area (Å²) in [5, 5.41) is 7.33. The van der Waals surface area contributed by atoms with Crippen LogP contribution < -0.4 is 15.8 Å². The Kier molecular flexibility index (Phi) is 7.05. The summed E-state index contributed by atoms with van der Waals surface area (Å²) in [6.07, 6.45) is 2.94. The minimum Gasteiger partial charge on any atom is -0.492 e. The van der Waals surface area contributed by atoms with Crippen molar-refractivity contribution in [2.45, 2.75) is 18.9 Å². The molecule has 0 saturated carbocycles. The van der Waals surface area contributed by atoms with Crippen LogP contribution in [0.2, 0.25) is 0 Å². The molecular weight excluding hydrogens is 483 g/mol. The predicted octanol–water partition coefficient (Wildman–Crippen LogP) is 1.40. The first-order chi connectivity index (χ1) is 17.7. The highest BCUT2D eigenvalue weighted by Crippen LogP contribution is 2.33. The number of aromatic nitrogens is 4. The number of carbonyl (C=O) groups is 3. The summed E-state index contributed by atoms with van der Waals surface area (Å²) in [7, 11) is 4.41. The Labute approximate surface area is 211 Å². The van der Waals surface area contributed by atoms with E-state index in [1.54, 1.807) is 23.7 Å². The van der Waals surface area contributed by atoms with Crippen LogP contribution in [-0.4, -0.2) is 81.6 Å². The molecule has 12 nitrogen and oxygen atoms in total. The van der Waals surface area contributed by atoms with Crippen LogP contribution in [0.3, 0.4) is 0 Å². The Morgan fingerprint density at radius 3 is 2.76 bits per heavy atom. The van der Waals surface area contributed by atoms with Crippen LogP contribution in [0, 0.1) is 5.82 Å². The number of nitrogens with two attached hydrogens (primary N) is 1. The van der Waals surface area contributed by atoms with E-state index in [1.807, 2.05) is 0 Å². The fourth-order valence-electron chi connectivity index (χ4n) is 4.21. The van der Waals surface area contributed by atoms with E-state index in [-0.39, 0.29) is 58.2 Å². The van der Waals surface area contributed by atoms with Gasteiger partial charge in [0, 0.05) is 32.7 Å². The van der Waals surface area contributed by atoms with Crippen molar-refractivity contribution in [2.75, 3.05) is 45.3 Å². The lowest BCUT2D eigenvalue weighted by atomic mass is 10.1. The summed E-state index contributed by atoms with van der Waals surface area (Å²) in [6, 6.07) is 2.61. The lowest BCUT2D eigenvalue weighted by Gasteiger charge is -2.15. The maximum absolute atomic E-state index is 15.1. The Hall–Kier alpha value is -4.55. The number of carbonyl (C=O) groups excluding carboxylic acids is 3. The van der Waals surface area contributed by atoms with E-state index in [0.29, 0.717) is 25.2 Å². The highest BCUT2D eigenvalue weighted by Gasteiger charge is 2.31. The molecule has 0 aliphatic carbocycles. The van der Waals surface area contributed by atoms with Gasteiger partial charge < -0.3 is 25.6 Å². The molecule has 13 heteroatoms. The maximum Gasteiger partial charge on any atom is 0.277 e. The molecule has 0 spiro atoms. The minimum absolute atomic E-state index is 0.0489. The Morgan fingerprint density at radius 2 is 2.08 bits per heavy atom. The fraction of sp³-hybridized carbons (Fsp3) is 0.333. The van der Waals surface area contributed by atoms with Crippen molar-refractivity contribution in [3.8, 4) is 5.75 Å². The molecule has 4 rings (SSSR count). The number of methoxy groups -OCH3 is 1. The number of hydrogen-bond donors (Lipinski definition) is 2. The number of nitrogens with one attached hydrogen (secondary N) is 1. The Morgan fingerprint density at radius 1 is 1.32 bits per heavy atom. The number of anilines is 2. The van der Waals surface area contributed by atoms with Gasteiger partial charge in [-0.2, -0.15) is 5.10 Å². The van der Waals surface area contributed by atoms with Gasteiger partial charge in [-0.25, -0.2) is 19.0 Å². The number of likely N-dealkylation sites (tertiary alicyclic amines) is 1. The lowest BCUT2D eigenvalue weighted by Crippen LogP contribution is -2.27. The molecule has 3 aromatic rings. The van der Waals surface area contributed by atoms with Crippen LogP contribution >= 0.6 is 0 Å². The average molecular weight is 511 g/mol. The van der Waals surface area contributed by atoms with Gasteiger partial charge in [0.1, 0.15) is 12.1 Å². The molecule has 0 radical (unpaired) electrons. The highest BCUT2D eigenvalue weighted by atomic mass is 19.1. The zero-order valence-corrected chi connectivity index (χ0v) is 20.7. The molecular formula is C24H27FN8O4. The largest absolute Gasteiger partial charge is 0.492 e. The summed E-state index contributed by atoms with van der Waals surface area (Å²) >= 11 is 0. The van der Waals surface area contributed by atoms with Gasteiger partial charge in [-0.1, -0.05) is 12.6 Å². The van der Waals surface area contributed by atoms with E-state index >= 15 is 4.39 Å². The molecule has 1 aliphatic rings. The summed E-state index contributed by atoms with van der Waals surface area (Å²) in [6.45, 7) is 4.38. The van der Waals surface area contributed by atoms with Crippen molar-refractivity contribution in [1.82, 2.24) is 29.5 Å². The normalized spacial score (nSPS) is 15.0. The van der Waals surface area contributed by atoms with Crippen molar-refractivity contribution in [3.05, 3.63) is 48.2 Å². The summed E-state index contributed by atoms with van der Waals surface area (Å²) in [5.41, 5.74) is 6.54. The van der Waals surface area contributed by atoms with Gasteiger partial charge in [0.25, 0.3) is 5.91 Å². The molecule has 1 atom stereocenters. The molecule has 3 heterocycles. The molecule has 3 N–H and O–H groups in total. The third kappa shape index (κ3) is 4.79. The highest BCUT2D eigenvalue weighted by molar-refractivity contribution is 6.13. The first kappa shape index (κ1) is 25.5. The fourth-order valence-corrected chi connectivity index (χ4v) is 4.21. The van der Waals surface area contributed by atoms with Crippen LogP contribution in [-0.2, 0) is 16.0 Å². The zero-order valence-electron chi connectivity index (χ0n) is 20.7. The Balaban J connectivity index is 1.67. The first-order valence-corrected chi connectivity index (χ1v) is 11.4. The van der Waals surface area contributed by atoms with Crippen molar-refractivity contribution in [3.63, 3.8) is 0 Å². The molecule has 1 fully saturated rings. The van der Waals surface area contributed by atoms with Gasteiger partial charge in [-0.15, -0.1) is 0 Å². The standard InChI is InChI=1S/C24H27FN8O4/c1-5-16(34)32-9-8-14(11-32)33-23-18(22(26)27-12-28-23)20(30-33)24(36)29-15-7-6-13(10-17(35)31(2)3)19(25)21(15)37-4/h5-7,12,14H,1,8-11H2,2-4H3,(H,29,36)(H2,26,27,28). The van der Waals surface area contributed by atoms with Crippen LogP contribution in [0.1, 0.15) is 28.5 Å². The van der Waals surface area contributed by atoms with Gasteiger partial charge in [0.05, 0.1) is 30.6 Å². The number of hydrogen-bond acceptors (Lipinski definition) is 8. The predicted molar refractivity (Wildman–Crippen MR) is 133 cm³/mol. The number of fused-ring (bicyclic) bond motifs is 1. The molecule has 194 valence electrons. The van der Waals surface area contributed by atoms with Gasteiger partial charge >= 0.3 is 0 Å².